The molecular weight excluding hydrogens is 476 g/mol. The van der Waals surface area contributed by atoms with Crippen molar-refractivity contribution >= 4 is 22.9 Å². The molecule has 1 amide bonds. The molecule has 37 heavy (non-hydrogen) atoms. The van der Waals surface area contributed by atoms with Crippen molar-refractivity contribution in [1.29, 1.82) is 0 Å². The number of amides is 1. The molecule has 1 aromatic heterocycles. The molecule has 0 saturated carbocycles. The second kappa shape index (κ2) is 9.50. The van der Waals surface area contributed by atoms with E-state index in [0.29, 0.717) is 0 Å². The van der Waals surface area contributed by atoms with Crippen molar-refractivity contribution in [2.24, 2.45) is 0 Å². The van der Waals surface area contributed by atoms with Crippen molar-refractivity contribution in [2.45, 2.75) is 65.2 Å². The number of anilines is 1. The maximum absolute atomic E-state index is 13.5. The van der Waals surface area contributed by atoms with Crippen molar-refractivity contribution in [3.63, 3.8) is 0 Å². The van der Waals surface area contributed by atoms with Crippen LogP contribution in [-0.4, -0.2) is 44.1 Å². The topological polar surface area (TPSA) is 32.8 Å². The van der Waals surface area contributed by atoms with Gasteiger partial charge in [-0.3, -0.25) is 4.79 Å². The van der Waals surface area contributed by atoms with Crippen LogP contribution in [0.4, 0.5) is 5.69 Å². The largest absolute Gasteiger partial charge is 0.496 e. The Labute approximate surface area is 226 Å². The maximum atomic E-state index is 13.5. The van der Waals surface area contributed by atoms with Crippen LogP contribution < -0.4 is 9.64 Å². The summed E-state index contributed by atoms with van der Waals surface area (Å²) in [5, 5.41) is 0. The van der Waals surface area contributed by atoms with E-state index in [4.69, 9.17) is 4.74 Å². The first kappa shape index (κ1) is 25.8. The van der Waals surface area contributed by atoms with Gasteiger partial charge in [0.2, 0.25) is 0 Å². The van der Waals surface area contributed by atoms with Crippen LogP contribution in [0.2, 0.25) is 0 Å². The minimum atomic E-state index is 0.122. The minimum absolute atomic E-state index is 0.122. The van der Waals surface area contributed by atoms with Crippen LogP contribution in [0, 0.1) is 13.8 Å². The molecule has 2 aliphatic rings. The van der Waals surface area contributed by atoms with E-state index < -0.39 is 0 Å². The Morgan fingerprint density at radius 2 is 1.51 bits per heavy atom. The third-order valence-electron chi connectivity index (χ3n) is 8.53. The molecule has 5 rings (SSSR count). The van der Waals surface area contributed by atoms with E-state index in [-0.39, 0.29) is 16.7 Å². The number of ether oxygens (including phenoxy) is 1. The Bertz CT molecular complexity index is 1330. The first-order valence-corrected chi connectivity index (χ1v) is 14.3. The summed E-state index contributed by atoms with van der Waals surface area (Å²) in [4.78, 5) is 19.8. The van der Waals surface area contributed by atoms with Gasteiger partial charge >= 0.3 is 0 Å². The van der Waals surface area contributed by atoms with Crippen LogP contribution >= 0.6 is 11.3 Å². The zero-order valence-electron chi connectivity index (χ0n) is 23.4. The number of hydrogen-bond donors (Lipinski definition) is 0. The van der Waals surface area contributed by atoms with E-state index in [1.54, 1.807) is 18.4 Å². The van der Waals surface area contributed by atoms with Gasteiger partial charge < -0.3 is 14.5 Å². The van der Waals surface area contributed by atoms with Gasteiger partial charge in [0, 0.05) is 42.3 Å². The van der Waals surface area contributed by atoms with Gasteiger partial charge in [-0.05, 0) is 90.1 Å². The third kappa shape index (κ3) is 4.79. The molecule has 3 aromatic rings. The van der Waals surface area contributed by atoms with E-state index in [1.165, 1.54) is 40.8 Å². The van der Waals surface area contributed by atoms with Gasteiger partial charge in [-0.2, -0.15) is 0 Å². The highest BCUT2D eigenvalue weighted by Gasteiger charge is 2.38. The summed E-state index contributed by atoms with van der Waals surface area (Å²) in [6, 6.07) is 15.3. The fourth-order valence-electron chi connectivity index (χ4n) is 5.92. The van der Waals surface area contributed by atoms with E-state index in [9.17, 15) is 4.79 Å². The molecule has 2 heterocycles. The number of piperazine rings is 1. The molecule has 4 nitrogen and oxygen atoms in total. The molecule has 0 spiro atoms. The lowest BCUT2D eigenvalue weighted by Gasteiger charge is -2.42. The Morgan fingerprint density at radius 1 is 0.865 bits per heavy atom. The van der Waals surface area contributed by atoms with E-state index in [1.807, 2.05) is 11.0 Å². The predicted molar refractivity (Wildman–Crippen MR) is 156 cm³/mol. The standard InChI is InChI=1S/C32H40N2O2S/c1-21-8-9-22(2)26(18-21)33-14-16-34(17-15-33)30(35)29-11-10-28(37-29)23-19-24-25(20-27(23)36-7)32(5,6)13-12-31(24,3)4/h8-11,18-20H,12-17H2,1-7H3. The smallest absolute Gasteiger partial charge is 0.264 e. The first-order valence-electron chi connectivity index (χ1n) is 13.4. The second-order valence-electron chi connectivity index (χ2n) is 12.1. The fourth-order valence-corrected chi connectivity index (χ4v) is 6.91. The second-order valence-corrected chi connectivity index (χ2v) is 13.2. The molecule has 5 heteroatoms. The minimum Gasteiger partial charge on any atom is -0.496 e. The Hall–Kier alpha value is -2.79. The Balaban J connectivity index is 1.37. The summed E-state index contributed by atoms with van der Waals surface area (Å²) in [7, 11) is 1.75. The molecule has 1 aliphatic carbocycles. The lowest BCUT2D eigenvalue weighted by Crippen LogP contribution is -2.48. The molecule has 196 valence electrons. The normalized spacial score (nSPS) is 18.5. The maximum Gasteiger partial charge on any atom is 0.264 e. The van der Waals surface area contributed by atoms with Gasteiger partial charge in [-0.1, -0.05) is 39.8 Å². The summed E-state index contributed by atoms with van der Waals surface area (Å²) in [6.45, 7) is 16.9. The van der Waals surface area contributed by atoms with Crippen molar-refractivity contribution in [1.82, 2.24) is 4.90 Å². The lowest BCUT2D eigenvalue weighted by molar-refractivity contribution is 0.0751. The number of methoxy groups -OCH3 is 1. The van der Waals surface area contributed by atoms with Gasteiger partial charge in [-0.15, -0.1) is 11.3 Å². The van der Waals surface area contributed by atoms with Gasteiger partial charge in [-0.25, -0.2) is 0 Å². The van der Waals surface area contributed by atoms with Crippen molar-refractivity contribution in [3.8, 4) is 16.2 Å². The van der Waals surface area contributed by atoms with Crippen LogP contribution in [0.25, 0.3) is 10.4 Å². The molecule has 1 saturated heterocycles. The Morgan fingerprint density at radius 3 is 2.16 bits per heavy atom. The number of carbonyl (C=O) groups excluding carboxylic acids is 1. The van der Waals surface area contributed by atoms with Gasteiger partial charge in [0.05, 0.1) is 12.0 Å². The molecule has 0 bridgehead atoms. The molecule has 0 N–H and O–H groups in total. The highest BCUT2D eigenvalue weighted by molar-refractivity contribution is 7.17. The van der Waals surface area contributed by atoms with Crippen molar-refractivity contribution in [3.05, 3.63) is 69.6 Å². The number of carbonyl (C=O) groups is 1. The van der Waals surface area contributed by atoms with Crippen LogP contribution in [0.5, 0.6) is 5.75 Å². The average Bonchev–Trinajstić information content (AvgIpc) is 3.37. The Kier molecular flexibility index (Phi) is 6.64. The third-order valence-corrected chi connectivity index (χ3v) is 9.63. The lowest BCUT2D eigenvalue weighted by atomic mass is 9.63. The number of benzene rings is 2. The van der Waals surface area contributed by atoms with E-state index in [2.05, 4.69) is 82.8 Å². The molecule has 2 aromatic carbocycles. The summed E-state index contributed by atoms with van der Waals surface area (Å²) < 4.78 is 5.89. The van der Waals surface area contributed by atoms with Crippen LogP contribution in [0.15, 0.2) is 42.5 Å². The molecule has 0 radical (unpaired) electrons. The number of nitrogens with zero attached hydrogens (tertiary/aromatic N) is 2. The molecule has 1 fully saturated rings. The summed E-state index contributed by atoms with van der Waals surface area (Å²) >= 11 is 1.58. The van der Waals surface area contributed by atoms with Crippen LogP contribution in [-0.2, 0) is 10.8 Å². The summed E-state index contributed by atoms with van der Waals surface area (Å²) in [5.74, 6) is 1.03. The molecular formula is C32H40N2O2S. The van der Waals surface area contributed by atoms with Crippen molar-refractivity contribution in [2.75, 3.05) is 38.2 Å². The quantitative estimate of drug-likeness (QED) is 0.363. The number of hydrogen-bond acceptors (Lipinski definition) is 4. The number of fused-ring (bicyclic) bond motifs is 1. The highest BCUT2D eigenvalue weighted by atomic mass is 32.1. The SMILES string of the molecule is COc1cc2c(cc1-c1ccc(C(=O)N3CCN(c4cc(C)ccc4C)CC3)s1)C(C)(C)CCC2(C)C. The molecule has 1 aliphatic heterocycles. The van der Waals surface area contributed by atoms with Gasteiger partial charge in [0.1, 0.15) is 5.75 Å². The average molecular weight is 517 g/mol. The number of rotatable bonds is 4. The molecule has 0 unspecified atom stereocenters. The number of thiophene rings is 1. The van der Waals surface area contributed by atoms with E-state index >= 15 is 0 Å². The van der Waals surface area contributed by atoms with Gasteiger partial charge in [0.15, 0.2) is 0 Å². The predicted octanol–water partition coefficient (Wildman–Crippen LogP) is 7.35. The number of aryl methyl sites for hydroxylation is 2. The first-order chi connectivity index (χ1) is 17.5. The van der Waals surface area contributed by atoms with E-state index in [0.717, 1.165) is 47.2 Å². The zero-order valence-corrected chi connectivity index (χ0v) is 24.2. The monoisotopic (exact) mass is 516 g/mol. The van der Waals surface area contributed by atoms with Crippen LogP contribution in [0.1, 0.15) is 72.5 Å². The molecule has 0 atom stereocenters. The highest BCUT2D eigenvalue weighted by Crippen LogP contribution is 2.49. The fraction of sp³-hybridized carbons (Fsp3) is 0.469. The summed E-state index contributed by atoms with van der Waals surface area (Å²) in [5.41, 5.74) is 7.99. The van der Waals surface area contributed by atoms with Gasteiger partial charge in [0.25, 0.3) is 5.91 Å². The van der Waals surface area contributed by atoms with Crippen LogP contribution in [0.3, 0.4) is 0 Å². The van der Waals surface area contributed by atoms with Crippen molar-refractivity contribution < 1.29 is 9.53 Å². The zero-order chi connectivity index (χ0) is 26.5. The summed E-state index contributed by atoms with van der Waals surface area (Å²) in [6.07, 6.45) is 2.34.